The number of carboxylic acid groups (broad SMARTS) is 1. The van der Waals surface area contributed by atoms with Crippen molar-refractivity contribution in [2.45, 2.75) is 19.8 Å². The Balaban J connectivity index is 2.31. The van der Waals surface area contributed by atoms with Crippen molar-refractivity contribution in [2.75, 3.05) is 6.61 Å². The lowest BCUT2D eigenvalue weighted by molar-refractivity contribution is -0.139. The quantitative estimate of drug-likeness (QED) is 0.661. The van der Waals surface area contributed by atoms with Gasteiger partial charge in [-0.15, -0.1) is 0 Å². The molecule has 1 aromatic carbocycles. The third kappa shape index (κ3) is 6.75. The summed E-state index contributed by atoms with van der Waals surface area (Å²) in [6, 6.07) is 5.35. The molecular weight excluding hydrogens is 344 g/mol. The largest absolute Gasteiger partial charge is 0.483 e. The number of ether oxygens (including phenoxy) is 1. The van der Waals surface area contributed by atoms with Crippen LogP contribution in [0.15, 0.2) is 22.7 Å². The summed E-state index contributed by atoms with van der Waals surface area (Å²) < 4.78 is 6.21. The minimum atomic E-state index is -1.08. The van der Waals surface area contributed by atoms with Gasteiger partial charge >= 0.3 is 5.97 Å². The molecule has 7 nitrogen and oxygen atoms in total. The summed E-state index contributed by atoms with van der Waals surface area (Å²) in [6.45, 7) is 1.58. The van der Waals surface area contributed by atoms with Gasteiger partial charge in [0.05, 0.1) is 6.42 Å². The molecule has 0 heterocycles. The Morgan fingerprint density at radius 2 is 1.86 bits per heavy atom. The third-order valence-corrected chi connectivity index (χ3v) is 2.90. The number of amides is 2. The molecule has 0 bridgehead atoms. The first-order valence-corrected chi connectivity index (χ1v) is 6.86. The summed E-state index contributed by atoms with van der Waals surface area (Å²) >= 11 is 3.32. The molecule has 0 fully saturated rings. The molecule has 0 aromatic heterocycles. The van der Waals surface area contributed by atoms with Gasteiger partial charge < -0.3 is 9.84 Å². The Labute approximate surface area is 129 Å². The van der Waals surface area contributed by atoms with Crippen LogP contribution in [0.25, 0.3) is 0 Å². The zero-order chi connectivity index (χ0) is 15.8. The van der Waals surface area contributed by atoms with Gasteiger partial charge in [-0.3, -0.25) is 25.2 Å². The van der Waals surface area contributed by atoms with Crippen LogP contribution in [-0.4, -0.2) is 29.5 Å². The highest BCUT2D eigenvalue weighted by Crippen LogP contribution is 2.21. The lowest BCUT2D eigenvalue weighted by Crippen LogP contribution is -2.43. The fourth-order valence-corrected chi connectivity index (χ4v) is 1.85. The van der Waals surface area contributed by atoms with E-state index in [0.29, 0.717) is 5.75 Å². The van der Waals surface area contributed by atoms with Gasteiger partial charge in [0.2, 0.25) is 5.91 Å². The number of halogens is 1. The maximum Gasteiger partial charge on any atom is 0.303 e. The average Bonchev–Trinajstić information content (AvgIpc) is 2.41. The normalized spacial score (nSPS) is 9.81. The van der Waals surface area contributed by atoms with Crippen molar-refractivity contribution in [3.8, 4) is 5.75 Å². The number of hydrogen-bond acceptors (Lipinski definition) is 4. The van der Waals surface area contributed by atoms with Crippen molar-refractivity contribution in [2.24, 2.45) is 0 Å². The van der Waals surface area contributed by atoms with Crippen LogP contribution >= 0.6 is 15.9 Å². The number of carboxylic acids is 1. The Morgan fingerprint density at radius 3 is 2.48 bits per heavy atom. The monoisotopic (exact) mass is 358 g/mol. The third-order valence-electron chi connectivity index (χ3n) is 2.40. The number of carbonyl (C=O) groups excluding carboxylic acids is 2. The number of nitrogens with one attached hydrogen (secondary N) is 2. The molecule has 0 aliphatic carbocycles. The summed E-state index contributed by atoms with van der Waals surface area (Å²) in [5, 5.41) is 8.40. The predicted octanol–water partition coefficient (Wildman–Crippen LogP) is 1.15. The van der Waals surface area contributed by atoms with E-state index >= 15 is 0 Å². The second kappa shape index (κ2) is 8.25. The maximum absolute atomic E-state index is 11.5. The van der Waals surface area contributed by atoms with Crippen molar-refractivity contribution in [3.05, 3.63) is 28.2 Å². The number of benzene rings is 1. The first-order valence-electron chi connectivity index (χ1n) is 6.07. The van der Waals surface area contributed by atoms with E-state index in [-0.39, 0.29) is 19.4 Å². The molecule has 0 saturated heterocycles. The van der Waals surface area contributed by atoms with Gasteiger partial charge in [-0.25, -0.2) is 0 Å². The molecule has 0 aliphatic heterocycles. The molecule has 0 saturated carbocycles. The highest BCUT2D eigenvalue weighted by atomic mass is 79.9. The van der Waals surface area contributed by atoms with Crippen LogP contribution in [0.5, 0.6) is 5.75 Å². The number of aliphatic carboxylic acids is 1. The lowest BCUT2D eigenvalue weighted by atomic mass is 10.2. The van der Waals surface area contributed by atoms with E-state index in [1.165, 1.54) is 0 Å². The Morgan fingerprint density at radius 1 is 1.19 bits per heavy atom. The van der Waals surface area contributed by atoms with E-state index in [4.69, 9.17) is 9.84 Å². The minimum absolute atomic E-state index is 0.206. The highest BCUT2D eigenvalue weighted by molar-refractivity contribution is 9.10. The van der Waals surface area contributed by atoms with Crippen LogP contribution in [0.2, 0.25) is 0 Å². The van der Waals surface area contributed by atoms with Crippen molar-refractivity contribution < 1.29 is 24.2 Å². The summed E-state index contributed by atoms with van der Waals surface area (Å²) in [7, 11) is 0. The summed E-state index contributed by atoms with van der Waals surface area (Å²) in [4.78, 5) is 32.9. The van der Waals surface area contributed by atoms with Gasteiger partial charge in [-0.2, -0.15) is 0 Å². The van der Waals surface area contributed by atoms with E-state index in [0.717, 1.165) is 10.0 Å². The van der Waals surface area contributed by atoms with Gasteiger partial charge in [-0.1, -0.05) is 15.9 Å². The highest BCUT2D eigenvalue weighted by Gasteiger charge is 2.08. The summed E-state index contributed by atoms with van der Waals surface area (Å²) in [5.74, 6) is -1.64. The van der Waals surface area contributed by atoms with Crippen LogP contribution in [0.1, 0.15) is 18.4 Å². The Hall–Kier alpha value is -2.09. The second-order valence-corrected chi connectivity index (χ2v) is 5.10. The minimum Gasteiger partial charge on any atom is -0.483 e. The molecule has 0 aliphatic rings. The van der Waals surface area contributed by atoms with E-state index in [1.54, 1.807) is 12.1 Å². The van der Waals surface area contributed by atoms with Gasteiger partial charge in [0.1, 0.15) is 5.75 Å². The molecule has 3 N–H and O–H groups in total. The molecular formula is C13H15BrN2O5. The topological polar surface area (TPSA) is 105 Å². The molecule has 0 spiro atoms. The van der Waals surface area contributed by atoms with E-state index in [2.05, 4.69) is 26.8 Å². The van der Waals surface area contributed by atoms with Crippen LogP contribution < -0.4 is 15.6 Å². The fourth-order valence-electron chi connectivity index (χ4n) is 1.38. The summed E-state index contributed by atoms with van der Waals surface area (Å²) in [5.41, 5.74) is 5.11. The average molecular weight is 359 g/mol. The Bertz CT molecular complexity index is 547. The van der Waals surface area contributed by atoms with Crippen molar-refractivity contribution in [1.82, 2.24) is 10.9 Å². The van der Waals surface area contributed by atoms with E-state index in [1.807, 2.05) is 13.0 Å². The zero-order valence-corrected chi connectivity index (χ0v) is 12.9. The standard InChI is InChI=1S/C13H15BrN2O5/c1-8-6-9(14)2-3-10(8)21-7-12(18)16-15-11(17)4-5-13(19)20/h2-3,6H,4-5,7H2,1H3,(H,15,17)(H,16,18)(H,19,20). The second-order valence-electron chi connectivity index (χ2n) is 4.19. The number of hydrazine groups is 1. The number of rotatable bonds is 6. The SMILES string of the molecule is Cc1cc(Br)ccc1OCC(=O)NNC(=O)CCC(=O)O. The number of carbonyl (C=O) groups is 3. The van der Waals surface area contributed by atoms with Crippen LogP contribution in [-0.2, 0) is 14.4 Å². The smallest absolute Gasteiger partial charge is 0.303 e. The first kappa shape index (κ1) is 17.0. The predicted molar refractivity (Wildman–Crippen MR) is 77.5 cm³/mol. The van der Waals surface area contributed by atoms with Gasteiger partial charge in [-0.05, 0) is 30.7 Å². The number of hydrogen-bond donors (Lipinski definition) is 3. The lowest BCUT2D eigenvalue weighted by Gasteiger charge is -2.10. The van der Waals surface area contributed by atoms with Gasteiger partial charge in [0, 0.05) is 10.9 Å². The van der Waals surface area contributed by atoms with E-state index < -0.39 is 17.8 Å². The van der Waals surface area contributed by atoms with Crippen LogP contribution in [0.4, 0.5) is 0 Å². The molecule has 0 atom stereocenters. The van der Waals surface area contributed by atoms with Crippen LogP contribution in [0.3, 0.4) is 0 Å². The first-order chi connectivity index (χ1) is 9.88. The van der Waals surface area contributed by atoms with Crippen molar-refractivity contribution in [3.63, 3.8) is 0 Å². The number of aryl methyl sites for hydroxylation is 1. The van der Waals surface area contributed by atoms with Crippen molar-refractivity contribution >= 4 is 33.7 Å². The van der Waals surface area contributed by atoms with E-state index in [9.17, 15) is 14.4 Å². The Kier molecular flexibility index (Phi) is 6.67. The maximum atomic E-state index is 11.5. The van der Waals surface area contributed by atoms with Crippen LogP contribution in [0, 0.1) is 6.92 Å². The van der Waals surface area contributed by atoms with Crippen molar-refractivity contribution in [1.29, 1.82) is 0 Å². The fraction of sp³-hybridized carbons (Fsp3) is 0.308. The molecule has 114 valence electrons. The molecule has 0 radical (unpaired) electrons. The zero-order valence-electron chi connectivity index (χ0n) is 11.3. The molecule has 1 aromatic rings. The van der Waals surface area contributed by atoms with Gasteiger partial charge in [0.15, 0.2) is 6.61 Å². The molecule has 8 heteroatoms. The molecule has 21 heavy (non-hydrogen) atoms. The molecule has 2 amide bonds. The molecule has 0 unspecified atom stereocenters. The van der Waals surface area contributed by atoms with Gasteiger partial charge in [0.25, 0.3) is 5.91 Å². The summed E-state index contributed by atoms with van der Waals surface area (Å²) in [6.07, 6.45) is -0.501. The molecule has 1 rings (SSSR count).